The zero-order chi connectivity index (χ0) is 19.4. The molecule has 2 saturated heterocycles. The van der Waals surface area contributed by atoms with Crippen molar-refractivity contribution >= 4 is 35.1 Å². The van der Waals surface area contributed by atoms with E-state index in [1.807, 2.05) is 11.9 Å². The van der Waals surface area contributed by atoms with Gasteiger partial charge >= 0.3 is 6.03 Å². The fourth-order valence-corrected chi connectivity index (χ4v) is 3.82. The summed E-state index contributed by atoms with van der Waals surface area (Å²) in [6.07, 6.45) is 3.35. The van der Waals surface area contributed by atoms with Gasteiger partial charge in [-0.25, -0.2) is 4.79 Å². The Bertz CT molecular complexity index is 732. The first-order valence-electron chi connectivity index (χ1n) is 9.34. The lowest BCUT2D eigenvalue weighted by Crippen LogP contribution is -2.49. The number of anilines is 1. The van der Waals surface area contributed by atoms with Gasteiger partial charge < -0.3 is 10.2 Å². The number of amides is 4. The molecular weight excluding hydrogens is 368 g/mol. The third-order valence-corrected chi connectivity index (χ3v) is 5.56. The first kappa shape index (κ1) is 19.6. The van der Waals surface area contributed by atoms with Crippen LogP contribution < -0.4 is 15.5 Å². The second-order valence-corrected chi connectivity index (χ2v) is 7.46. The third kappa shape index (κ3) is 4.59. The zero-order valence-electron chi connectivity index (χ0n) is 15.5. The predicted octanol–water partition coefficient (Wildman–Crippen LogP) is 2.25. The maximum absolute atomic E-state index is 12.9. The van der Waals surface area contributed by atoms with Crippen molar-refractivity contribution in [3.63, 3.8) is 0 Å². The number of hydrogen-bond donors (Lipinski definition) is 2. The minimum Gasteiger partial charge on any atom is -0.339 e. The Kier molecular flexibility index (Phi) is 6.34. The number of likely N-dealkylation sites (tertiary alicyclic amines) is 1. The zero-order valence-corrected chi connectivity index (χ0v) is 16.2. The Balaban J connectivity index is 1.69. The number of benzene rings is 1. The van der Waals surface area contributed by atoms with Gasteiger partial charge in [-0.05, 0) is 57.0 Å². The van der Waals surface area contributed by atoms with Crippen LogP contribution in [0.1, 0.15) is 36.0 Å². The van der Waals surface area contributed by atoms with Crippen molar-refractivity contribution < 1.29 is 14.4 Å². The van der Waals surface area contributed by atoms with Crippen molar-refractivity contribution in [3.05, 3.63) is 28.8 Å². The summed E-state index contributed by atoms with van der Waals surface area (Å²) < 4.78 is 0. The maximum Gasteiger partial charge on any atom is 0.328 e. The number of carbonyl (C=O) groups excluding carboxylic acids is 3. The molecule has 4 amide bonds. The molecule has 3 rings (SSSR count). The predicted molar refractivity (Wildman–Crippen MR) is 104 cm³/mol. The summed E-state index contributed by atoms with van der Waals surface area (Å²) in [5.41, 5.74) is 0.962. The molecule has 0 unspecified atom stereocenters. The van der Waals surface area contributed by atoms with Crippen LogP contribution >= 0.6 is 11.6 Å². The highest BCUT2D eigenvalue weighted by Crippen LogP contribution is 2.29. The number of rotatable bonds is 5. The van der Waals surface area contributed by atoms with Crippen LogP contribution in [-0.2, 0) is 4.79 Å². The number of piperidine rings is 1. The van der Waals surface area contributed by atoms with E-state index >= 15 is 0 Å². The van der Waals surface area contributed by atoms with Gasteiger partial charge in [-0.1, -0.05) is 11.6 Å². The molecule has 2 aliphatic rings. The lowest BCUT2D eigenvalue weighted by Gasteiger charge is -2.32. The molecule has 8 heteroatoms. The van der Waals surface area contributed by atoms with Crippen LogP contribution in [0.25, 0.3) is 0 Å². The number of carbonyl (C=O) groups is 3. The van der Waals surface area contributed by atoms with Gasteiger partial charge in [0.15, 0.2) is 0 Å². The van der Waals surface area contributed by atoms with Crippen LogP contribution in [-0.4, -0.2) is 56.0 Å². The third-order valence-electron chi connectivity index (χ3n) is 5.24. The summed E-state index contributed by atoms with van der Waals surface area (Å²) in [4.78, 5) is 39.6. The highest BCUT2D eigenvalue weighted by atomic mass is 35.5. The number of nitrogens with one attached hydrogen (secondary N) is 2. The first-order chi connectivity index (χ1) is 13.0. The van der Waals surface area contributed by atoms with Gasteiger partial charge in [-0.3, -0.25) is 19.8 Å². The molecule has 2 fully saturated rings. The number of nitrogens with zero attached hydrogens (tertiary/aromatic N) is 2. The first-order valence-corrected chi connectivity index (χ1v) is 9.72. The molecular formula is C19H25ClN4O3. The Labute approximate surface area is 164 Å². The van der Waals surface area contributed by atoms with E-state index in [4.69, 9.17) is 11.6 Å². The van der Waals surface area contributed by atoms with Crippen LogP contribution in [0.3, 0.4) is 0 Å². The standard InChI is InChI=1S/C19H25ClN4O3/c1-21-8-4-13-5-9-23(10-6-13)18(26)14-2-3-15(20)16(12-14)24-11-7-17(25)22-19(24)27/h2-3,12-13,21H,4-11H2,1H3,(H,22,25,27). The normalized spacial score (nSPS) is 18.6. The summed E-state index contributed by atoms with van der Waals surface area (Å²) in [5.74, 6) is 0.297. The molecule has 27 heavy (non-hydrogen) atoms. The monoisotopic (exact) mass is 392 g/mol. The molecule has 0 spiro atoms. The van der Waals surface area contributed by atoms with E-state index in [0.717, 1.165) is 38.9 Å². The molecule has 146 valence electrons. The summed E-state index contributed by atoms with van der Waals surface area (Å²) in [5, 5.41) is 5.83. The van der Waals surface area contributed by atoms with Gasteiger partial charge in [-0.15, -0.1) is 0 Å². The summed E-state index contributed by atoms with van der Waals surface area (Å²) in [6.45, 7) is 2.73. The van der Waals surface area contributed by atoms with E-state index in [-0.39, 0.29) is 24.8 Å². The van der Waals surface area contributed by atoms with E-state index in [0.29, 0.717) is 22.2 Å². The van der Waals surface area contributed by atoms with Gasteiger partial charge in [0.2, 0.25) is 5.91 Å². The molecule has 0 radical (unpaired) electrons. The van der Waals surface area contributed by atoms with E-state index in [2.05, 4.69) is 10.6 Å². The van der Waals surface area contributed by atoms with Crippen molar-refractivity contribution in [1.82, 2.24) is 15.5 Å². The number of imide groups is 1. The van der Waals surface area contributed by atoms with E-state index in [9.17, 15) is 14.4 Å². The Morgan fingerprint density at radius 2 is 2.00 bits per heavy atom. The Hall–Kier alpha value is -2.12. The largest absolute Gasteiger partial charge is 0.339 e. The molecule has 2 heterocycles. The fourth-order valence-electron chi connectivity index (χ4n) is 3.60. The topological polar surface area (TPSA) is 81.8 Å². The minimum absolute atomic E-state index is 0.0477. The summed E-state index contributed by atoms with van der Waals surface area (Å²) in [6, 6.07) is 4.46. The SMILES string of the molecule is CNCCC1CCN(C(=O)c2ccc(Cl)c(N3CCC(=O)NC3=O)c2)CC1. The molecule has 0 aromatic heterocycles. The van der Waals surface area contributed by atoms with Gasteiger partial charge in [-0.2, -0.15) is 0 Å². The molecule has 1 aromatic carbocycles. The van der Waals surface area contributed by atoms with Crippen molar-refractivity contribution in [1.29, 1.82) is 0 Å². The highest BCUT2D eigenvalue weighted by molar-refractivity contribution is 6.34. The second-order valence-electron chi connectivity index (χ2n) is 7.05. The number of halogens is 1. The van der Waals surface area contributed by atoms with E-state index < -0.39 is 6.03 Å². The molecule has 0 atom stereocenters. The van der Waals surface area contributed by atoms with E-state index in [1.165, 1.54) is 4.90 Å². The average Bonchev–Trinajstić information content (AvgIpc) is 2.67. The van der Waals surface area contributed by atoms with Crippen LogP contribution in [0, 0.1) is 5.92 Å². The number of urea groups is 1. The van der Waals surface area contributed by atoms with Gasteiger partial charge in [0, 0.05) is 31.6 Å². The molecule has 0 aliphatic carbocycles. The molecule has 0 bridgehead atoms. The lowest BCUT2D eigenvalue weighted by molar-refractivity contribution is -0.120. The van der Waals surface area contributed by atoms with Crippen molar-refractivity contribution in [3.8, 4) is 0 Å². The minimum atomic E-state index is -0.511. The molecule has 1 aromatic rings. The summed E-state index contributed by atoms with van der Waals surface area (Å²) >= 11 is 6.25. The van der Waals surface area contributed by atoms with Crippen LogP contribution in [0.4, 0.5) is 10.5 Å². The van der Waals surface area contributed by atoms with Crippen LogP contribution in [0.2, 0.25) is 5.02 Å². The highest BCUT2D eigenvalue weighted by Gasteiger charge is 2.28. The Morgan fingerprint density at radius 3 is 2.67 bits per heavy atom. The van der Waals surface area contributed by atoms with Crippen LogP contribution in [0.15, 0.2) is 18.2 Å². The second kappa shape index (κ2) is 8.71. The smallest absolute Gasteiger partial charge is 0.328 e. The molecule has 7 nitrogen and oxygen atoms in total. The Morgan fingerprint density at radius 1 is 1.26 bits per heavy atom. The van der Waals surface area contributed by atoms with Gasteiger partial charge in [0.05, 0.1) is 10.7 Å². The van der Waals surface area contributed by atoms with Crippen molar-refractivity contribution in [2.75, 3.05) is 38.1 Å². The van der Waals surface area contributed by atoms with Crippen LogP contribution in [0.5, 0.6) is 0 Å². The quantitative estimate of drug-likeness (QED) is 0.805. The molecule has 2 N–H and O–H groups in total. The van der Waals surface area contributed by atoms with E-state index in [1.54, 1.807) is 18.2 Å². The van der Waals surface area contributed by atoms with Crippen molar-refractivity contribution in [2.24, 2.45) is 5.92 Å². The lowest BCUT2D eigenvalue weighted by atomic mass is 9.93. The number of hydrogen-bond acceptors (Lipinski definition) is 4. The fraction of sp³-hybridized carbons (Fsp3) is 0.526. The maximum atomic E-state index is 12.9. The summed E-state index contributed by atoms with van der Waals surface area (Å²) in [7, 11) is 1.95. The van der Waals surface area contributed by atoms with Gasteiger partial charge in [0.25, 0.3) is 5.91 Å². The van der Waals surface area contributed by atoms with Crippen molar-refractivity contribution in [2.45, 2.75) is 25.7 Å². The molecule has 2 aliphatic heterocycles. The van der Waals surface area contributed by atoms with Gasteiger partial charge in [0.1, 0.15) is 0 Å². The molecule has 0 saturated carbocycles. The average molecular weight is 393 g/mol.